The minimum absolute atomic E-state index is 0.00235. The maximum atomic E-state index is 11.9. The van der Waals surface area contributed by atoms with Crippen molar-refractivity contribution in [3.05, 3.63) is 35.4 Å². The Bertz CT molecular complexity index is 414. The van der Waals surface area contributed by atoms with Crippen LogP contribution < -0.4 is 5.32 Å². The number of alkyl halides is 1. The fraction of sp³-hybridized carbons (Fsp3) is 0.462. The zero-order valence-corrected chi connectivity index (χ0v) is 10.3. The van der Waals surface area contributed by atoms with Crippen LogP contribution in [-0.4, -0.2) is 11.9 Å². The summed E-state index contributed by atoms with van der Waals surface area (Å²) in [6.07, 6.45) is 1.06. The van der Waals surface area contributed by atoms with Gasteiger partial charge in [0.05, 0.1) is 0 Å². The standard InChI is InChI=1S/C13H16ClNO/c1-13(2)7-11(13)15-12(16)10-5-3-4-9(6-10)8-14/h3-6,11H,7-8H2,1-2H3,(H,15,16). The molecule has 1 aromatic carbocycles. The molecule has 0 saturated heterocycles. The van der Waals surface area contributed by atoms with Crippen LogP contribution in [0, 0.1) is 5.41 Å². The van der Waals surface area contributed by atoms with E-state index in [-0.39, 0.29) is 11.3 Å². The van der Waals surface area contributed by atoms with Gasteiger partial charge in [-0.3, -0.25) is 4.79 Å². The highest BCUT2D eigenvalue weighted by molar-refractivity contribution is 6.17. The molecule has 1 fully saturated rings. The normalized spacial score (nSPS) is 21.6. The summed E-state index contributed by atoms with van der Waals surface area (Å²) in [5, 5.41) is 3.03. The van der Waals surface area contributed by atoms with Gasteiger partial charge in [0.2, 0.25) is 0 Å². The molecule has 86 valence electrons. The van der Waals surface area contributed by atoms with Crippen LogP contribution in [-0.2, 0) is 5.88 Å². The van der Waals surface area contributed by atoms with Gasteiger partial charge in [0.15, 0.2) is 0 Å². The highest BCUT2D eigenvalue weighted by Gasteiger charge is 2.46. The third-order valence-electron chi connectivity index (χ3n) is 3.16. The summed E-state index contributed by atoms with van der Waals surface area (Å²) in [7, 11) is 0. The topological polar surface area (TPSA) is 29.1 Å². The molecule has 2 nitrogen and oxygen atoms in total. The fourth-order valence-electron chi connectivity index (χ4n) is 1.75. The quantitative estimate of drug-likeness (QED) is 0.805. The van der Waals surface area contributed by atoms with Gasteiger partial charge in [0.25, 0.3) is 5.91 Å². The lowest BCUT2D eigenvalue weighted by Crippen LogP contribution is -2.28. The highest BCUT2D eigenvalue weighted by atomic mass is 35.5. The first kappa shape index (κ1) is 11.5. The summed E-state index contributed by atoms with van der Waals surface area (Å²) in [5.41, 5.74) is 1.94. The predicted molar refractivity (Wildman–Crippen MR) is 65.7 cm³/mol. The third-order valence-corrected chi connectivity index (χ3v) is 3.47. The molecule has 1 unspecified atom stereocenters. The van der Waals surface area contributed by atoms with E-state index in [4.69, 9.17) is 11.6 Å². The lowest BCUT2D eigenvalue weighted by molar-refractivity contribution is 0.0946. The first-order chi connectivity index (χ1) is 7.53. The summed E-state index contributed by atoms with van der Waals surface area (Å²) >= 11 is 5.74. The molecule has 16 heavy (non-hydrogen) atoms. The van der Waals surface area contributed by atoms with Crippen LogP contribution >= 0.6 is 11.6 Å². The average molecular weight is 238 g/mol. The number of hydrogen-bond donors (Lipinski definition) is 1. The van der Waals surface area contributed by atoms with Crippen molar-refractivity contribution < 1.29 is 4.79 Å². The second-order valence-corrected chi connectivity index (χ2v) is 5.32. The van der Waals surface area contributed by atoms with Crippen molar-refractivity contribution in [1.82, 2.24) is 5.32 Å². The van der Waals surface area contributed by atoms with Crippen LogP contribution in [0.15, 0.2) is 24.3 Å². The Morgan fingerprint density at radius 3 is 2.81 bits per heavy atom. The van der Waals surface area contributed by atoms with Crippen molar-refractivity contribution >= 4 is 17.5 Å². The van der Waals surface area contributed by atoms with Gasteiger partial charge >= 0.3 is 0 Å². The Labute approximate surface area is 101 Å². The van der Waals surface area contributed by atoms with Crippen LogP contribution in [0.3, 0.4) is 0 Å². The molecule has 1 N–H and O–H groups in total. The number of hydrogen-bond acceptors (Lipinski definition) is 1. The second-order valence-electron chi connectivity index (χ2n) is 5.05. The average Bonchev–Trinajstić information content (AvgIpc) is 2.86. The van der Waals surface area contributed by atoms with Gasteiger partial charge in [-0.15, -0.1) is 11.6 Å². The summed E-state index contributed by atoms with van der Waals surface area (Å²) in [6, 6.07) is 7.77. The summed E-state index contributed by atoms with van der Waals surface area (Å²) in [4.78, 5) is 11.9. The Kier molecular flexibility index (Phi) is 2.94. The van der Waals surface area contributed by atoms with E-state index in [0.717, 1.165) is 12.0 Å². The number of rotatable bonds is 3. The Hall–Kier alpha value is -1.02. The molecule has 0 bridgehead atoms. The van der Waals surface area contributed by atoms with E-state index < -0.39 is 0 Å². The van der Waals surface area contributed by atoms with E-state index in [1.807, 2.05) is 24.3 Å². The van der Waals surface area contributed by atoms with Gasteiger partial charge in [0, 0.05) is 17.5 Å². The van der Waals surface area contributed by atoms with Gasteiger partial charge in [-0.2, -0.15) is 0 Å². The molecule has 1 aromatic rings. The van der Waals surface area contributed by atoms with Crippen LogP contribution in [0.1, 0.15) is 36.2 Å². The van der Waals surface area contributed by atoms with Crippen molar-refractivity contribution in [3.8, 4) is 0 Å². The summed E-state index contributed by atoms with van der Waals surface area (Å²) in [5.74, 6) is 0.443. The summed E-state index contributed by atoms with van der Waals surface area (Å²) in [6.45, 7) is 4.32. The van der Waals surface area contributed by atoms with Crippen molar-refractivity contribution in [2.24, 2.45) is 5.41 Å². The van der Waals surface area contributed by atoms with Gasteiger partial charge in [-0.25, -0.2) is 0 Å². The Balaban J connectivity index is 2.04. The van der Waals surface area contributed by atoms with E-state index in [9.17, 15) is 4.79 Å². The molecule has 0 aliphatic heterocycles. The molecule has 1 aliphatic rings. The van der Waals surface area contributed by atoms with E-state index in [2.05, 4.69) is 19.2 Å². The molecule has 0 radical (unpaired) electrons. The molecule has 1 amide bonds. The van der Waals surface area contributed by atoms with Crippen molar-refractivity contribution in [3.63, 3.8) is 0 Å². The predicted octanol–water partition coefficient (Wildman–Crippen LogP) is 2.95. The highest BCUT2D eigenvalue weighted by Crippen LogP contribution is 2.44. The monoisotopic (exact) mass is 237 g/mol. The largest absolute Gasteiger partial charge is 0.349 e. The molecule has 0 spiro atoms. The Morgan fingerprint density at radius 2 is 2.25 bits per heavy atom. The molecular formula is C13H16ClNO. The van der Waals surface area contributed by atoms with Crippen LogP contribution in [0.2, 0.25) is 0 Å². The Morgan fingerprint density at radius 1 is 1.56 bits per heavy atom. The zero-order valence-electron chi connectivity index (χ0n) is 9.59. The minimum atomic E-state index is 0.00235. The zero-order chi connectivity index (χ0) is 11.8. The second kappa shape index (κ2) is 4.10. The van der Waals surface area contributed by atoms with Crippen molar-refractivity contribution in [1.29, 1.82) is 0 Å². The molecule has 1 atom stereocenters. The van der Waals surface area contributed by atoms with E-state index >= 15 is 0 Å². The number of amides is 1. The third kappa shape index (κ3) is 2.38. The first-order valence-corrected chi connectivity index (χ1v) is 6.02. The van der Waals surface area contributed by atoms with Gasteiger partial charge in [0.1, 0.15) is 0 Å². The van der Waals surface area contributed by atoms with Gasteiger partial charge in [-0.05, 0) is 29.5 Å². The van der Waals surface area contributed by atoms with E-state index in [0.29, 0.717) is 17.5 Å². The number of carbonyl (C=O) groups is 1. The lowest BCUT2D eigenvalue weighted by Gasteiger charge is -2.07. The first-order valence-electron chi connectivity index (χ1n) is 5.49. The smallest absolute Gasteiger partial charge is 0.251 e. The van der Waals surface area contributed by atoms with Gasteiger partial charge in [-0.1, -0.05) is 26.0 Å². The fourth-order valence-corrected chi connectivity index (χ4v) is 1.92. The van der Waals surface area contributed by atoms with E-state index in [1.165, 1.54) is 0 Å². The number of halogens is 1. The molecule has 3 heteroatoms. The maximum Gasteiger partial charge on any atom is 0.251 e. The van der Waals surface area contributed by atoms with Gasteiger partial charge < -0.3 is 5.32 Å². The maximum absolute atomic E-state index is 11.9. The number of nitrogens with one attached hydrogen (secondary N) is 1. The van der Waals surface area contributed by atoms with Crippen LogP contribution in [0.25, 0.3) is 0 Å². The molecule has 0 aromatic heterocycles. The van der Waals surface area contributed by atoms with Crippen molar-refractivity contribution in [2.45, 2.75) is 32.2 Å². The number of benzene rings is 1. The molecule has 0 heterocycles. The summed E-state index contributed by atoms with van der Waals surface area (Å²) < 4.78 is 0. The molecule has 2 rings (SSSR count). The lowest BCUT2D eigenvalue weighted by atomic mass is 10.1. The van der Waals surface area contributed by atoms with Crippen LogP contribution in [0.4, 0.5) is 0 Å². The minimum Gasteiger partial charge on any atom is -0.349 e. The SMILES string of the molecule is CC1(C)CC1NC(=O)c1cccc(CCl)c1. The van der Waals surface area contributed by atoms with Crippen LogP contribution in [0.5, 0.6) is 0 Å². The molecule has 1 aliphatic carbocycles. The van der Waals surface area contributed by atoms with E-state index in [1.54, 1.807) is 0 Å². The number of carbonyl (C=O) groups excluding carboxylic acids is 1. The molecule has 1 saturated carbocycles. The van der Waals surface area contributed by atoms with Crippen molar-refractivity contribution in [2.75, 3.05) is 0 Å². The molecular weight excluding hydrogens is 222 g/mol.